The lowest BCUT2D eigenvalue weighted by molar-refractivity contribution is -0.142. The van der Waals surface area contributed by atoms with Crippen molar-refractivity contribution >= 4 is 40.5 Å². The highest BCUT2D eigenvalue weighted by atomic mass is 19.1. The van der Waals surface area contributed by atoms with Gasteiger partial charge >= 0.3 is 12.1 Å². The zero-order chi connectivity index (χ0) is 35.3. The second-order valence-electron chi connectivity index (χ2n) is 14.8. The Balaban J connectivity index is 1.28. The van der Waals surface area contributed by atoms with Crippen LogP contribution < -0.4 is 10.6 Å². The number of carbonyl (C=O) groups excluding carboxylic acids is 4. The van der Waals surface area contributed by atoms with Crippen molar-refractivity contribution in [3.63, 3.8) is 0 Å². The van der Waals surface area contributed by atoms with E-state index in [0.717, 1.165) is 32.1 Å². The number of carbonyl (C=O) groups is 4. The Morgan fingerprint density at radius 1 is 1.00 bits per heavy atom. The Morgan fingerprint density at radius 2 is 1.71 bits per heavy atom. The maximum Gasteiger partial charge on any atom is 0.407 e. The molecule has 3 fully saturated rings. The highest BCUT2D eigenvalue weighted by Crippen LogP contribution is 2.42. The molecule has 2 aromatic rings. The Labute approximate surface area is 287 Å². The third-order valence-electron chi connectivity index (χ3n) is 10.5. The number of methoxy groups -OCH3 is 1. The summed E-state index contributed by atoms with van der Waals surface area (Å²) in [5.41, 5.74) is 0.359. The number of halogens is 1. The Morgan fingerprint density at radius 3 is 2.35 bits per heavy atom. The van der Waals surface area contributed by atoms with Crippen LogP contribution in [0.3, 0.4) is 0 Å². The van der Waals surface area contributed by atoms with Gasteiger partial charge in [0.1, 0.15) is 23.9 Å². The highest BCUT2D eigenvalue weighted by molar-refractivity contribution is 6.00. The summed E-state index contributed by atoms with van der Waals surface area (Å²) >= 11 is 0. The number of likely N-dealkylation sites (tertiary alicyclic amines) is 1. The number of fused-ring (bicyclic) bond motifs is 1. The van der Waals surface area contributed by atoms with Crippen molar-refractivity contribution in [1.82, 2.24) is 10.2 Å². The first-order chi connectivity index (χ1) is 23.4. The molecule has 1 aromatic carbocycles. The van der Waals surface area contributed by atoms with Crippen LogP contribution in [-0.4, -0.2) is 79.5 Å². The second kappa shape index (κ2) is 15.9. The Hall–Kier alpha value is -3.67. The average molecular weight is 686 g/mol. The van der Waals surface area contributed by atoms with Crippen LogP contribution in [-0.2, 0) is 23.8 Å². The third-order valence-corrected chi connectivity index (χ3v) is 10.5. The van der Waals surface area contributed by atoms with Crippen LogP contribution in [0, 0.1) is 23.7 Å². The quantitative estimate of drug-likeness (QED) is 0.266. The number of hydrogen-bond donors (Lipinski definition) is 2. The molecule has 3 aliphatic rings. The molecule has 11 nitrogen and oxygen atoms in total. The molecule has 0 unspecified atom stereocenters. The Kier molecular flexibility index (Phi) is 11.9. The molecule has 0 bridgehead atoms. The molecule has 0 spiro atoms. The summed E-state index contributed by atoms with van der Waals surface area (Å²) in [4.78, 5) is 54.7. The number of furan rings is 1. The van der Waals surface area contributed by atoms with E-state index in [2.05, 4.69) is 10.6 Å². The molecule has 2 aliphatic carbocycles. The number of rotatable bonds is 10. The molecule has 5 rings (SSSR count). The summed E-state index contributed by atoms with van der Waals surface area (Å²) in [5, 5.41) is 6.41. The predicted octanol–water partition coefficient (Wildman–Crippen LogP) is 6.64. The molecule has 2 N–H and O–H groups in total. The standard InChI is InChI=1S/C37H52FN3O8/c1-6-47-35(44)31-20-25-19-26(13-16-30(25)48-31)39-33(42)32-28(22-11-14-27(46-5)15-12-22)17-18-41(32)34(43)24-9-7-23(8-10-24)29(21-38)40-36(45)49-37(2,3)4/h13,16,19-20,22-24,27-29,32H,6-12,14-15,17-18,21H2,1-5H3,(H,39,42)(H,40,45)/t22?,23?,24?,27?,28-,29-,32+/m1/s1. The zero-order valence-corrected chi connectivity index (χ0v) is 29.4. The number of ether oxygens (including phenoxy) is 3. The Bertz CT molecular complexity index is 1470. The molecular formula is C37H52FN3O8. The second-order valence-corrected chi connectivity index (χ2v) is 14.8. The topological polar surface area (TPSA) is 136 Å². The van der Waals surface area contributed by atoms with Crippen LogP contribution in [0.1, 0.15) is 96.0 Å². The van der Waals surface area contributed by atoms with Crippen molar-refractivity contribution in [2.45, 2.75) is 109 Å². The van der Waals surface area contributed by atoms with Gasteiger partial charge in [-0.05, 0) is 128 Å². The SMILES string of the molecule is CCOC(=O)c1cc2cc(NC(=O)[C@@H]3[C@@H](C4CCC(OC)CC4)CCN3C(=O)C3CCC([C@@H](CF)NC(=O)OC(C)(C)C)CC3)ccc2o1. The van der Waals surface area contributed by atoms with Crippen molar-refractivity contribution in [2.24, 2.45) is 23.7 Å². The molecule has 3 atom stereocenters. The normalized spacial score (nSPS) is 26.6. The van der Waals surface area contributed by atoms with Crippen molar-refractivity contribution in [3.05, 3.63) is 30.0 Å². The number of alkyl carbamates (subject to hydrolysis) is 1. The van der Waals surface area contributed by atoms with E-state index in [4.69, 9.17) is 18.6 Å². The van der Waals surface area contributed by atoms with Gasteiger partial charge in [-0.3, -0.25) is 9.59 Å². The van der Waals surface area contributed by atoms with E-state index >= 15 is 0 Å². The van der Waals surface area contributed by atoms with Gasteiger partial charge in [-0.1, -0.05) is 0 Å². The van der Waals surface area contributed by atoms with E-state index in [9.17, 15) is 23.6 Å². The lowest BCUT2D eigenvalue weighted by atomic mass is 9.75. The van der Waals surface area contributed by atoms with Gasteiger partial charge in [0.05, 0.1) is 18.8 Å². The van der Waals surface area contributed by atoms with Crippen molar-refractivity contribution in [2.75, 3.05) is 32.3 Å². The molecule has 0 radical (unpaired) electrons. The van der Waals surface area contributed by atoms with E-state index in [0.29, 0.717) is 54.8 Å². The molecule has 1 saturated heterocycles. The maximum absolute atomic E-state index is 14.2. The number of nitrogens with zero attached hydrogens (tertiary/aromatic N) is 1. The van der Waals surface area contributed by atoms with E-state index in [1.165, 1.54) is 0 Å². The fourth-order valence-corrected chi connectivity index (χ4v) is 8.03. The molecule has 2 saturated carbocycles. The first kappa shape index (κ1) is 36.6. The molecule has 2 heterocycles. The molecule has 3 amide bonds. The van der Waals surface area contributed by atoms with Gasteiger partial charge in [0, 0.05) is 30.6 Å². The number of esters is 1. The van der Waals surface area contributed by atoms with Gasteiger partial charge in [-0.15, -0.1) is 0 Å². The number of anilines is 1. The summed E-state index contributed by atoms with van der Waals surface area (Å²) in [6.45, 7) is 7.03. The number of benzene rings is 1. The average Bonchev–Trinajstić information content (AvgIpc) is 3.71. The molecule has 49 heavy (non-hydrogen) atoms. The first-order valence-electron chi connectivity index (χ1n) is 17.8. The summed E-state index contributed by atoms with van der Waals surface area (Å²) in [6.07, 6.45) is 6.36. The molecule has 1 aromatic heterocycles. The minimum atomic E-state index is -0.710. The monoisotopic (exact) mass is 685 g/mol. The van der Waals surface area contributed by atoms with Crippen LogP contribution in [0.25, 0.3) is 11.0 Å². The summed E-state index contributed by atoms with van der Waals surface area (Å²) in [5.74, 6) is -0.802. The molecule has 270 valence electrons. The highest BCUT2D eigenvalue weighted by Gasteiger charge is 2.47. The molecular weight excluding hydrogens is 633 g/mol. The summed E-state index contributed by atoms with van der Waals surface area (Å²) in [7, 11) is 1.74. The molecule has 1 aliphatic heterocycles. The van der Waals surface area contributed by atoms with E-state index < -0.39 is 36.4 Å². The van der Waals surface area contributed by atoms with Crippen molar-refractivity contribution in [3.8, 4) is 0 Å². The van der Waals surface area contributed by atoms with E-state index in [-0.39, 0.29) is 48.0 Å². The van der Waals surface area contributed by atoms with Gasteiger partial charge < -0.3 is 34.2 Å². The number of alkyl halides is 1. The van der Waals surface area contributed by atoms with Gasteiger partial charge in [0.15, 0.2) is 0 Å². The van der Waals surface area contributed by atoms with Gasteiger partial charge in [0.25, 0.3) is 0 Å². The van der Waals surface area contributed by atoms with Crippen molar-refractivity contribution < 1.29 is 42.2 Å². The van der Waals surface area contributed by atoms with Crippen LogP contribution in [0.2, 0.25) is 0 Å². The van der Waals surface area contributed by atoms with Gasteiger partial charge in [-0.25, -0.2) is 14.0 Å². The number of amides is 3. The minimum absolute atomic E-state index is 0.0140. The van der Waals surface area contributed by atoms with Crippen LogP contribution in [0.4, 0.5) is 14.9 Å². The van der Waals surface area contributed by atoms with Crippen LogP contribution in [0.5, 0.6) is 0 Å². The summed E-state index contributed by atoms with van der Waals surface area (Å²) in [6, 6.07) is 5.48. The first-order valence-corrected chi connectivity index (χ1v) is 17.8. The van der Waals surface area contributed by atoms with Crippen LogP contribution >= 0.6 is 0 Å². The van der Waals surface area contributed by atoms with Gasteiger partial charge in [-0.2, -0.15) is 0 Å². The fraction of sp³-hybridized carbons (Fsp3) is 0.676. The zero-order valence-electron chi connectivity index (χ0n) is 29.4. The molecule has 12 heteroatoms. The van der Waals surface area contributed by atoms with E-state index in [1.807, 2.05) is 0 Å². The number of nitrogens with one attached hydrogen (secondary N) is 2. The number of hydrogen-bond acceptors (Lipinski definition) is 8. The maximum atomic E-state index is 14.2. The third kappa shape index (κ3) is 8.93. The lowest BCUT2D eigenvalue weighted by Gasteiger charge is -2.38. The van der Waals surface area contributed by atoms with Gasteiger partial charge in [0.2, 0.25) is 17.6 Å². The van der Waals surface area contributed by atoms with Crippen LogP contribution in [0.15, 0.2) is 28.7 Å². The summed E-state index contributed by atoms with van der Waals surface area (Å²) < 4.78 is 35.7. The largest absolute Gasteiger partial charge is 0.460 e. The van der Waals surface area contributed by atoms with Crippen molar-refractivity contribution in [1.29, 1.82) is 0 Å². The fourth-order valence-electron chi connectivity index (χ4n) is 8.03. The smallest absolute Gasteiger partial charge is 0.407 e. The minimum Gasteiger partial charge on any atom is -0.460 e. The lowest BCUT2D eigenvalue weighted by Crippen LogP contribution is -2.50. The predicted molar refractivity (Wildman–Crippen MR) is 182 cm³/mol. The van der Waals surface area contributed by atoms with E-state index in [1.54, 1.807) is 64.0 Å².